The summed E-state index contributed by atoms with van der Waals surface area (Å²) in [5.74, 6) is 0.820. The summed E-state index contributed by atoms with van der Waals surface area (Å²) in [4.78, 5) is 0. The van der Waals surface area contributed by atoms with Gasteiger partial charge in [0, 0.05) is 24.2 Å². The van der Waals surface area contributed by atoms with Crippen LogP contribution in [0.5, 0.6) is 11.5 Å². The third kappa shape index (κ3) is 1.72. The summed E-state index contributed by atoms with van der Waals surface area (Å²) in [5, 5.41) is 29.0. The fourth-order valence-corrected chi connectivity index (χ4v) is 5.84. The van der Waals surface area contributed by atoms with Gasteiger partial charge in [0.2, 0.25) is 0 Å². The molecule has 1 aromatic rings. The Balaban J connectivity index is 0.000000845. The van der Waals surface area contributed by atoms with E-state index in [1.54, 1.807) is 6.07 Å². The zero-order valence-electron chi connectivity index (χ0n) is 13.5. The van der Waals surface area contributed by atoms with E-state index in [2.05, 4.69) is 10.6 Å². The zero-order chi connectivity index (χ0) is 15.1. The lowest BCUT2D eigenvalue weighted by Crippen LogP contribution is -2.81. The normalized spacial score (nSPS) is 40.7. The van der Waals surface area contributed by atoms with Gasteiger partial charge < -0.3 is 25.6 Å². The molecule has 0 amide bonds. The number of aliphatic hydroxyl groups is 1. The SMILES string of the molecule is CNC1CNC2Cc3ccc(O)c4c3C13C(CCCC23O)O4.Cl.Cl. The second-order valence-corrected chi connectivity index (χ2v) is 7.25. The molecule has 5 atom stereocenters. The van der Waals surface area contributed by atoms with Gasteiger partial charge in [0.15, 0.2) is 11.5 Å². The lowest BCUT2D eigenvalue weighted by molar-refractivity contribution is -0.160. The highest BCUT2D eigenvalue weighted by Crippen LogP contribution is 2.64. The van der Waals surface area contributed by atoms with E-state index in [9.17, 15) is 10.2 Å². The number of piperidine rings is 1. The van der Waals surface area contributed by atoms with Crippen molar-refractivity contribution in [1.29, 1.82) is 0 Å². The van der Waals surface area contributed by atoms with Crippen molar-refractivity contribution in [2.75, 3.05) is 13.6 Å². The summed E-state index contributed by atoms with van der Waals surface area (Å²) in [6, 6.07) is 3.90. The molecule has 0 radical (unpaired) electrons. The lowest BCUT2D eigenvalue weighted by atomic mass is 9.48. The molecule has 0 aromatic heterocycles. The molecule has 2 bridgehead atoms. The van der Waals surface area contributed by atoms with Gasteiger partial charge in [-0.1, -0.05) is 6.07 Å². The molecule has 5 rings (SSSR count). The molecular formula is C17H24Cl2N2O3. The van der Waals surface area contributed by atoms with Gasteiger partial charge in [0.05, 0.1) is 11.0 Å². The highest BCUT2D eigenvalue weighted by molar-refractivity contribution is 5.85. The molecule has 5 nitrogen and oxygen atoms in total. The number of halogens is 2. The average molecular weight is 375 g/mol. The Kier molecular flexibility index (Phi) is 4.25. The first-order valence-corrected chi connectivity index (χ1v) is 8.28. The van der Waals surface area contributed by atoms with Crippen LogP contribution in [0.25, 0.3) is 0 Å². The lowest BCUT2D eigenvalue weighted by Gasteiger charge is -2.63. The highest BCUT2D eigenvalue weighted by Gasteiger charge is 2.72. The van der Waals surface area contributed by atoms with Crippen LogP contribution in [-0.4, -0.2) is 47.6 Å². The number of phenols is 1. The van der Waals surface area contributed by atoms with Crippen molar-refractivity contribution in [3.05, 3.63) is 23.3 Å². The maximum Gasteiger partial charge on any atom is 0.165 e. The van der Waals surface area contributed by atoms with Crippen molar-refractivity contribution >= 4 is 24.8 Å². The molecule has 5 unspecified atom stereocenters. The van der Waals surface area contributed by atoms with Crippen LogP contribution in [0.2, 0.25) is 0 Å². The Morgan fingerprint density at radius 3 is 2.88 bits per heavy atom. The van der Waals surface area contributed by atoms with Gasteiger partial charge in [-0.3, -0.25) is 0 Å². The third-order valence-electron chi connectivity index (χ3n) is 6.61. The molecule has 2 aliphatic heterocycles. The topological polar surface area (TPSA) is 73.8 Å². The number of nitrogens with one attached hydrogen (secondary N) is 2. The molecule has 24 heavy (non-hydrogen) atoms. The monoisotopic (exact) mass is 374 g/mol. The van der Waals surface area contributed by atoms with Gasteiger partial charge in [-0.25, -0.2) is 0 Å². The average Bonchev–Trinajstić information content (AvgIpc) is 2.85. The van der Waals surface area contributed by atoms with Gasteiger partial charge in [0.1, 0.15) is 6.10 Å². The fourth-order valence-electron chi connectivity index (χ4n) is 5.84. The standard InChI is InChI=1S/C17H22N2O3.2ClH/c1-18-12-8-19-11-7-9-4-5-10(20)15-14(9)17(12)13(22-15)3-2-6-16(11,17)21;;/h4-5,11-13,18-21H,2-3,6-8H2,1H3;2*1H. The Morgan fingerprint density at radius 2 is 2.12 bits per heavy atom. The highest BCUT2D eigenvalue weighted by atomic mass is 35.5. The number of ether oxygens (including phenoxy) is 1. The molecule has 2 aliphatic carbocycles. The van der Waals surface area contributed by atoms with Crippen LogP contribution in [0, 0.1) is 0 Å². The van der Waals surface area contributed by atoms with Crippen molar-refractivity contribution in [3.8, 4) is 11.5 Å². The first-order valence-electron chi connectivity index (χ1n) is 8.28. The maximum absolute atomic E-state index is 11.7. The molecule has 2 heterocycles. The van der Waals surface area contributed by atoms with Gasteiger partial charge in [0.25, 0.3) is 0 Å². The van der Waals surface area contributed by atoms with Crippen LogP contribution in [0.3, 0.4) is 0 Å². The number of phenolic OH excluding ortho intramolecular Hbond substituents is 1. The molecule has 4 aliphatic rings. The molecule has 2 fully saturated rings. The van der Waals surface area contributed by atoms with E-state index < -0.39 is 11.0 Å². The Hall–Kier alpha value is -0.720. The van der Waals surface area contributed by atoms with E-state index in [1.165, 1.54) is 5.56 Å². The van der Waals surface area contributed by atoms with Crippen LogP contribution in [0.1, 0.15) is 30.4 Å². The number of aromatic hydroxyl groups is 1. The summed E-state index contributed by atoms with van der Waals surface area (Å²) >= 11 is 0. The van der Waals surface area contributed by atoms with Crippen molar-refractivity contribution in [2.24, 2.45) is 0 Å². The predicted molar refractivity (Wildman–Crippen MR) is 95.8 cm³/mol. The fraction of sp³-hybridized carbons (Fsp3) is 0.647. The van der Waals surface area contributed by atoms with Gasteiger partial charge in [-0.2, -0.15) is 0 Å². The second kappa shape index (κ2) is 5.64. The van der Waals surface area contributed by atoms with E-state index in [1.807, 2.05) is 13.1 Å². The summed E-state index contributed by atoms with van der Waals surface area (Å²) < 4.78 is 6.23. The molecular weight excluding hydrogens is 351 g/mol. The smallest absolute Gasteiger partial charge is 0.165 e. The molecule has 4 N–H and O–H groups in total. The van der Waals surface area contributed by atoms with E-state index in [4.69, 9.17) is 4.74 Å². The van der Waals surface area contributed by atoms with E-state index in [0.29, 0.717) is 5.75 Å². The van der Waals surface area contributed by atoms with Gasteiger partial charge >= 0.3 is 0 Å². The van der Waals surface area contributed by atoms with Crippen molar-refractivity contribution < 1.29 is 14.9 Å². The predicted octanol–water partition coefficient (Wildman–Crippen LogP) is 1.27. The minimum Gasteiger partial charge on any atom is -0.504 e. The van der Waals surface area contributed by atoms with Crippen molar-refractivity contribution in [1.82, 2.24) is 10.6 Å². The molecule has 1 spiro atoms. The van der Waals surface area contributed by atoms with Crippen molar-refractivity contribution in [2.45, 2.75) is 54.9 Å². The van der Waals surface area contributed by atoms with E-state index in [0.717, 1.165) is 37.8 Å². The molecule has 1 saturated carbocycles. The van der Waals surface area contributed by atoms with Gasteiger partial charge in [-0.15, -0.1) is 24.8 Å². The second-order valence-electron chi connectivity index (χ2n) is 7.25. The number of likely N-dealkylation sites (N-methyl/N-ethyl adjacent to an activating group) is 1. The molecule has 7 heteroatoms. The van der Waals surface area contributed by atoms with Crippen LogP contribution in [-0.2, 0) is 11.8 Å². The molecule has 1 aromatic carbocycles. The van der Waals surface area contributed by atoms with Crippen LogP contribution < -0.4 is 15.4 Å². The minimum atomic E-state index is -0.812. The minimum absolute atomic E-state index is 0. The van der Waals surface area contributed by atoms with Crippen LogP contribution in [0.15, 0.2) is 12.1 Å². The third-order valence-corrected chi connectivity index (χ3v) is 6.61. The summed E-state index contributed by atoms with van der Waals surface area (Å²) in [6.07, 6.45) is 3.42. The number of benzene rings is 1. The zero-order valence-corrected chi connectivity index (χ0v) is 15.2. The largest absolute Gasteiger partial charge is 0.504 e. The molecule has 1 saturated heterocycles. The van der Waals surface area contributed by atoms with Gasteiger partial charge in [-0.05, 0) is 44.4 Å². The van der Waals surface area contributed by atoms with Crippen molar-refractivity contribution in [3.63, 3.8) is 0 Å². The van der Waals surface area contributed by atoms with Crippen LogP contribution >= 0.6 is 24.8 Å². The summed E-state index contributed by atoms with van der Waals surface area (Å²) in [6.45, 7) is 0.817. The van der Waals surface area contributed by atoms with E-state index in [-0.39, 0.29) is 48.8 Å². The summed E-state index contributed by atoms with van der Waals surface area (Å²) in [5.41, 5.74) is 1.02. The first kappa shape index (κ1) is 18.1. The Labute approximate surface area is 154 Å². The maximum atomic E-state index is 11.7. The first-order chi connectivity index (χ1) is 10.6. The molecule has 134 valence electrons. The van der Waals surface area contributed by atoms with Crippen LogP contribution in [0.4, 0.5) is 0 Å². The number of rotatable bonds is 1. The summed E-state index contributed by atoms with van der Waals surface area (Å²) in [7, 11) is 1.95. The Bertz CT molecular complexity index is 673. The quantitative estimate of drug-likeness (QED) is 0.595. The number of hydrogen-bond donors (Lipinski definition) is 4. The number of hydrogen-bond acceptors (Lipinski definition) is 5. The Morgan fingerprint density at radius 1 is 1.33 bits per heavy atom. The van der Waals surface area contributed by atoms with E-state index >= 15 is 0 Å².